The summed E-state index contributed by atoms with van der Waals surface area (Å²) >= 11 is 4.22. The lowest BCUT2D eigenvalue weighted by molar-refractivity contribution is 0.112. The van der Waals surface area contributed by atoms with Gasteiger partial charge >= 0.3 is 0 Å². The second-order valence-corrected chi connectivity index (χ2v) is 5.10. The SMILES string of the molecule is C=Cc1c(C=CC)oc2c(C=O)c(S)c(C=O)c(C)c2c1=O. The summed E-state index contributed by atoms with van der Waals surface area (Å²) < 4.78 is 5.73. The van der Waals surface area contributed by atoms with Crippen LogP contribution >= 0.6 is 12.6 Å². The van der Waals surface area contributed by atoms with E-state index in [0.29, 0.717) is 23.9 Å². The van der Waals surface area contributed by atoms with Crippen LogP contribution in [0.15, 0.2) is 26.8 Å². The number of hydrogen-bond donors (Lipinski definition) is 1. The van der Waals surface area contributed by atoms with E-state index in [1.165, 1.54) is 6.08 Å². The second-order valence-electron chi connectivity index (χ2n) is 4.65. The van der Waals surface area contributed by atoms with Crippen LogP contribution in [0.4, 0.5) is 0 Å². The summed E-state index contributed by atoms with van der Waals surface area (Å²) in [6, 6.07) is 0. The Labute approximate surface area is 132 Å². The van der Waals surface area contributed by atoms with Gasteiger partial charge in [0.05, 0.1) is 16.5 Å². The zero-order valence-electron chi connectivity index (χ0n) is 12.2. The molecule has 0 bridgehead atoms. The molecule has 1 heterocycles. The Hall–Kier alpha value is -2.40. The van der Waals surface area contributed by atoms with Crippen LogP contribution in [0.25, 0.3) is 23.1 Å². The van der Waals surface area contributed by atoms with Crippen molar-refractivity contribution in [1.82, 2.24) is 0 Å². The third kappa shape index (κ3) is 2.23. The first-order valence-corrected chi connectivity index (χ1v) is 6.98. The van der Waals surface area contributed by atoms with Crippen molar-refractivity contribution in [1.29, 1.82) is 0 Å². The van der Waals surface area contributed by atoms with Gasteiger partial charge in [0.2, 0.25) is 5.43 Å². The van der Waals surface area contributed by atoms with E-state index in [9.17, 15) is 14.4 Å². The highest BCUT2D eigenvalue weighted by atomic mass is 32.1. The van der Waals surface area contributed by atoms with E-state index in [2.05, 4.69) is 19.2 Å². The van der Waals surface area contributed by atoms with Crippen LogP contribution in [0.5, 0.6) is 0 Å². The first kappa shape index (κ1) is 16.0. The van der Waals surface area contributed by atoms with Crippen molar-refractivity contribution in [2.24, 2.45) is 0 Å². The Morgan fingerprint density at radius 1 is 1.14 bits per heavy atom. The first-order valence-electron chi connectivity index (χ1n) is 6.53. The minimum absolute atomic E-state index is 0.0875. The number of benzene rings is 1. The topological polar surface area (TPSA) is 64.3 Å². The molecule has 0 aliphatic heterocycles. The number of allylic oxidation sites excluding steroid dienone is 1. The predicted octanol–water partition coefficient (Wildman–Crippen LogP) is 3.69. The lowest BCUT2D eigenvalue weighted by atomic mass is 9.98. The molecule has 2 rings (SSSR count). The van der Waals surface area contributed by atoms with Crippen molar-refractivity contribution in [3.8, 4) is 0 Å². The number of aldehydes is 2. The molecule has 22 heavy (non-hydrogen) atoms. The number of fused-ring (bicyclic) bond motifs is 1. The van der Waals surface area contributed by atoms with E-state index in [1.807, 2.05) is 0 Å². The van der Waals surface area contributed by atoms with Crippen LogP contribution in [0.2, 0.25) is 0 Å². The molecule has 112 valence electrons. The Morgan fingerprint density at radius 3 is 2.27 bits per heavy atom. The van der Waals surface area contributed by atoms with Crippen LogP contribution in [0, 0.1) is 6.92 Å². The summed E-state index contributed by atoms with van der Waals surface area (Å²) in [6.07, 6.45) is 5.85. The maximum atomic E-state index is 12.7. The van der Waals surface area contributed by atoms with E-state index < -0.39 is 0 Å². The molecule has 0 atom stereocenters. The molecule has 0 aliphatic carbocycles. The standard InChI is InChI=1S/C17H14O4S/c1-4-6-13-10(5-2)15(20)14-9(3)11(7-18)17(22)12(8-19)16(14)21-13/h4-8,22H,2H2,1,3H3. The van der Waals surface area contributed by atoms with E-state index in [4.69, 9.17) is 4.42 Å². The van der Waals surface area contributed by atoms with Crippen molar-refractivity contribution >= 4 is 48.3 Å². The lowest BCUT2D eigenvalue weighted by Gasteiger charge is -2.12. The average Bonchev–Trinajstić information content (AvgIpc) is 2.48. The second kappa shape index (κ2) is 6.15. The van der Waals surface area contributed by atoms with Gasteiger partial charge in [0.15, 0.2) is 18.2 Å². The molecule has 0 amide bonds. The molecule has 0 unspecified atom stereocenters. The van der Waals surface area contributed by atoms with Crippen molar-refractivity contribution in [2.45, 2.75) is 18.7 Å². The summed E-state index contributed by atoms with van der Waals surface area (Å²) in [5.74, 6) is 0.309. The average molecular weight is 314 g/mol. The fourth-order valence-corrected chi connectivity index (χ4v) is 2.76. The van der Waals surface area contributed by atoms with Gasteiger partial charge in [0.1, 0.15) is 5.76 Å². The monoisotopic (exact) mass is 314 g/mol. The molecule has 0 N–H and O–H groups in total. The van der Waals surface area contributed by atoms with Crippen molar-refractivity contribution in [3.63, 3.8) is 0 Å². The van der Waals surface area contributed by atoms with Crippen LogP contribution < -0.4 is 5.43 Å². The minimum atomic E-state index is -0.332. The number of rotatable bonds is 4. The maximum absolute atomic E-state index is 12.7. The molecule has 0 fully saturated rings. The third-order valence-electron chi connectivity index (χ3n) is 3.47. The van der Waals surface area contributed by atoms with Crippen molar-refractivity contribution in [2.75, 3.05) is 0 Å². The quantitative estimate of drug-likeness (QED) is 0.690. The van der Waals surface area contributed by atoms with Gasteiger partial charge in [-0.15, -0.1) is 12.6 Å². The zero-order chi connectivity index (χ0) is 16.4. The minimum Gasteiger partial charge on any atom is -0.455 e. The predicted molar refractivity (Wildman–Crippen MR) is 90.0 cm³/mol. The number of carbonyl (C=O) groups is 2. The fourth-order valence-electron chi connectivity index (χ4n) is 2.38. The van der Waals surface area contributed by atoms with Crippen LogP contribution in [0.3, 0.4) is 0 Å². The molecular formula is C17H14O4S. The summed E-state index contributed by atoms with van der Waals surface area (Å²) in [4.78, 5) is 35.6. The smallest absolute Gasteiger partial charge is 0.200 e. The highest BCUT2D eigenvalue weighted by Gasteiger charge is 2.21. The third-order valence-corrected chi connectivity index (χ3v) is 3.95. The fraction of sp³-hybridized carbons (Fsp3) is 0.118. The first-order chi connectivity index (χ1) is 10.5. The highest BCUT2D eigenvalue weighted by molar-refractivity contribution is 7.80. The highest BCUT2D eigenvalue weighted by Crippen LogP contribution is 2.31. The Kier molecular flexibility index (Phi) is 4.47. The van der Waals surface area contributed by atoms with Crippen molar-refractivity contribution in [3.05, 3.63) is 50.9 Å². The van der Waals surface area contributed by atoms with Gasteiger partial charge in [-0.3, -0.25) is 14.4 Å². The number of carbonyl (C=O) groups excluding carboxylic acids is 2. The molecule has 0 saturated carbocycles. The number of hydrogen-bond acceptors (Lipinski definition) is 5. The molecular weight excluding hydrogens is 300 g/mol. The summed E-state index contributed by atoms with van der Waals surface area (Å²) in [5.41, 5.74) is 0.815. The molecule has 0 radical (unpaired) electrons. The van der Waals surface area contributed by atoms with Gasteiger partial charge in [-0.1, -0.05) is 18.7 Å². The molecule has 0 saturated heterocycles. The molecule has 1 aromatic carbocycles. The van der Waals surface area contributed by atoms with Crippen LogP contribution in [-0.2, 0) is 0 Å². The summed E-state index contributed by atoms with van der Waals surface area (Å²) in [7, 11) is 0. The van der Waals surface area contributed by atoms with E-state index >= 15 is 0 Å². The normalized spacial score (nSPS) is 11.0. The lowest BCUT2D eigenvalue weighted by Crippen LogP contribution is -2.12. The molecule has 4 nitrogen and oxygen atoms in total. The van der Waals surface area contributed by atoms with Gasteiger partial charge in [-0.2, -0.15) is 0 Å². The van der Waals surface area contributed by atoms with Crippen LogP contribution in [-0.4, -0.2) is 12.6 Å². The molecule has 0 aliphatic rings. The van der Waals surface area contributed by atoms with Crippen molar-refractivity contribution < 1.29 is 14.0 Å². The Morgan fingerprint density at radius 2 is 1.77 bits per heavy atom. The Balaban J connectivity index is 3.21. The molecule has 1 aromatic heterocycles. The zero-order valence-corrected chi connectivity index (χ0v) is 13.1. The number of aryl methyl sites for hydroxylation is 1. The number of thiol groups is 1. The molecule has 5 heteroatoms. The summed E-state index contributed by atoms with van der Waals surface area (Å²) in [5, 5.41) is 0.199. The van der Waals surface area contributed by atoms with Crippen LogP contribution in [0.1, 0.15) is 44.5 Å². The van der Waals surface area contributed by atoms with E-state index in [0.717, 1.165) is 0 Å². The largest absolute Gasteiger partial charge is 0.455 e. The van der Waals surface area contributed by atoms with Gasteiger partial charge in [-0.05, 0) is 25.5 Å². The molecule has 2 aromatic rings. The van der Waals surface area contributed by atoms with E-state index in [-0.39, 0.29) is 38.0 Å². The molecule has 0 spiro atoms. The summed E-state index contributed by atoms with van der Waals surface area (Å²) in [6.45, 7) is 7.03. The van der Waals surface area contributed by atoms with E-state index in [1.54, 1.807) is 26.0 Å². The van der Waals surface area contributed by atoms with Gasteiger partial charge in [-0.25, -0.2) is 0 Å². The van der Waals surface area contributed by atoms with Gasteiger partial charge < -0.3 is 4.42 Å². The Bertz CT molecular complexity index is 888. The van der Waals surface area contributed by atoms with Gasteiger partial charge in [0.25, 0.3) is 0 Å². The van der Waals surface area contributed by atoms with Gasteiger partial charge in [0, 0.05) is 10.5 Å². The maximum Gasteiger partial charge on any atom is 0.200 e.